The molecule has 0 radical (unpaired) electrons. The van der Waals surface area contributed by atoms with Crippen molar-refractivity contribution in [2.24, 2.45) is 0 Å². The molecule has 5 nitrogen and oxygen atoms in total. The monoisotopic (exact) mass is 515 g/mol. The molecule has 0 saturated carbocycles. The Morgan fingerprint density at radius 1 is 1.09 bits per heavy atom. The number of ketones is 1. The van der Waals surface area contributed by atoms with Crippen LogP contribution in [0, 0.1) is 5.82 Å². The highest BCUT2D eigenvalue weighted by molar-refractivity contribution is 9.10. The van der Waals surface area contributed by atoms with Gasteiger partial charge in [0.05, 0.1) is 28.2 Å². The summed E-state index contributed by atoms with van der Waals surface area (Å²) in [4.78, 5) is 27.4. The molecule has 1 amide bonds. The minimum absolute atomic E-state index is 0.0845. The van der Waals surface area contributed by atoms with Gasteiger partial charge in [0.2, 0.25) is 0 Å². The molecule has 3 aromatic carbocycles. The predicted octanol–water partition coefficient (Wildman–Crippen LogP) is 5.88. The summed E-state index contributed by atoms with van der Waals surface area (Å²) in [6, 6.07) is 16.5. The zero-order valence-corrected chi connectivity index (χ0v) is 19.0. The zero-order chi connectivity index (χ0) is 23.0. The fraction of sp³-hybridized carbons (Fsp3) is 0.0833. The van der Waals surface area contributed by atoms with E-state index in [2.05, 4.69) is 15.9 Å². The van der Waals surface area contributed by atoms with E-state index in [1.54, 1.807) is 48.5 Å². The maximum Gasteiger partial charge on any atom is 0.300 e. The van der Waals surface area contributed by atoms with Crippen molar-refractivity contribution >= 4 is 50.7 Å². The average molecular weight is 517 g/mol. The Kier molecular flexibility index (Phi) is 6.04. The van der Waals surface area contributed by atoms with E-state index in [0.717, 1.165) is 6.07 Å². The number of aliphatic hydroxyl groups excluding tert-OH is 1. The highest BCUT2D eigenvalue weighted by Crippen LogP contribution is 2.43. The molecule has 1 aliphatic heterocycles. The third-order valence-corrected chi connectivity index (χ3v) is 6.08. The van der Waals surface area contributed by atoms with Crippen molar-refractivity contribution in [1.82, 2.24) is 0 Å². The van der Waals surface area contributed by atoms with Gasteiger partial charge in [-0.3, -0.25) is 14.5 Å². The summed E-state index contributed by atoms with van der Waals surface area (Å²) in [5.74, 6) is -2.15. The zero-order valence-electron chi connectivity index (χ0n) is 16.7. The number of nitrogens with zero attached hydrogens (tertiary/aromatic N) is 1. The second kappa shape index (κ2) is 8.76. The fourth-order valence-corrected chi connectivity index (χ4v) is 4.37. The highest BCUT2D eigenvalue weighted by Gasteiger charge is 2.47. The number of ether oxygens (including phenoxy) is 1. The van der Waals surface area contributed by atoms with Crippen molar-refractivity contribution in [3.8, 4) is 5.75 Å². The van der Waals surface area contributed by atoms with Gasteiger partial charge in [-0.05, 0) is 57.9 Å². The van der Waals surface area contributed by atoms with Gasteiger partial charge in [-0.25, -0.2) is 4.39 Å². The molecular formula is C24H16BrClFNO4. The molecule has 1 unspecified atom stereocenters. The fourth-order valence-electron chi connectivity index (χ4n) is 3.65. The lowest BCUT2D eigenvalue weighted by Crippen LogP contribution is -2.29. The molecule has 1 aliphatic rings. The van der Waals surface area contributed by atoms with E-state index in [0.29, 0.717) is 21.3 Å². The Labute approximate surface area is 196 Å². The number of aliphatic hydroxyl groups is 1. The Morgan fingerprint density at radius 3 is 2.44 bits per heavy atom. The predicted molar refractivity (Wildman–Crippen MR) is 123 cm³/mol. The van der Waals surface area contributed by atoms with Crippen LogP contribution >= 0.6 is 27.5 Å². The molecule has 3 aromatic rings. The number of rotatable bonds is 4. The van der Waals surface area contributed by atoms with Crippen LogP contribution in [0.2, 0.25) is 5.02 Å². The molecule has 1 saturated heterocycles. The smallest absolute Gasteiger partial charge is 0.300 e. The summed E-state index contributed by atoms with van der Waals surface area (Å²) in [6.07, 6.45) is 0. The van der Waals surface area contributed by atoms with E-state index in [1.807, 2.05) is 0 Å². The van der Waals surface area contributed by atoms with Crippen LogP contribution in [0.15, 0.2) is 76.8 Å². The molecule has 0 bridgehead atoms. The van der Waals surface area contributed by atoms with Gasteiger partial charge in [-0.1, -0.05) is 41.9 Å². The van der Waals surface area contributed by atoms with Crippen LogP contribution in [0.5, 0.6) is 5.75 Å². The number of halogens is 3. The van der Waals surface area contributed by atoms with E-state index < -0.39 is 23.5 Å². The maximum atomic E-state index is 13.7. The van der Waals surface area contributed by atoms with Gasteiger partial charge in [0.25, 0.3) is 11.7 Å². The molecular weight excluding hydrogens is 501 g/mol. The van der Waals surface area contributed by atoms with Gasteiger partial charge in [-0.2, -0.15) is 0 Å². The van der Waals surface area contributed by atoms with E-state index in [1.165, 1.54) is 24.1 Å². The van der Waals surface area contributed by atoms with Crippen LogP contribution in [0.4, 0.5) is 10.1 Å². The van der Waals surface area contributed by atoms with Crippen molar-refractivity contribution in [3.63, 3.8) is 0 Å². The minimum atomic E-state index is -0.932. The quantitative estimate of drug-likeness (QED) is 0.267. The van der Waals surface area contributed by atoms with Gasteiger partial charge in [0.15, 0.2) is 0 Å². The van der Waals surface area contributed by atoms with Crippen molar-refractivity contribution in [1.29, 1.82) is 0 Å². The first-order valence-corrected chi connectivity index (χ1v) is 10.7. The molecule has 4 rings (SSSR count). The number of methoxy groups -OCH3 is 1. The lowest BCUT2D eigenvalue weighted by Gasteiger charge is -2.25. The van der Waals surface area contributed by atoms with Crippen LogP contribution < -0.4 is 9.64 Å². The first-order valence-electron chi connectivity index (χ1n) is 9.48. The second-order valence-electron chi connectivity index (χ2n) is 7.03. The molecule has 1 atom stereocenters. The van der Waals surface area contributed by atoms with E-state index >= 15 is 0 Å². The van der Waals surface area contributed by atoms with Gasteiger partial charge < -0.3 is 9.84 Å². The van der Waals surface area contributed by atoms with Gasteiger partial charge >= 0.3 is 0 Å². The molecule has 0 spiro atoms. The summed E-state index contributed by atoms with van der Waals surface area (Å²) in [5, 5.41) is 10.9. The maximum absolute atomic E-state index is 13.7. The van der Waals surface area contributed by atoms with Crippen LogP contribution in [0.25, 0.3) is 5.76 Å². The highest BCUT2D eigenvalue weighted by atomic mass is 79.9. The largest absolute Gasteiger partial charge is 0.507 e. The first kappa shape index (κ1) is 22.0. The number of carbonyl (C=O) groups is 2. The Bertz CT molecular complexity index is 1260. The van der Waals surface area contributed by atoms with E-state index in [4.69, 9.17) is 16.3 Å². The van der Waals surface area contributed by atoms with Crippen molar-refractivity contribution < 1.29 is 23.8 Å². The number of hydrogen-bond acceptors (Lipinski definition) is 4. The van der Waals surface area contributed by atoms with Crippen LogP contribution in [-0.2, 0) is 9.59 Å². The van der Waals surface area contributed by atoms with Gasteiger partial charge in [0, 0.05) is 11.3 Å². The van der Waals surface area contributed by atoms with Crippen molar-refractivity contribution in [2.75, 3.05) is 12.0 Å². The van der Waals surface area contributed by atoms with Crippen LogP contribution in [0.1, 0.15) is 17.2 Å². The number of amides is 1. The molecule has 1 N–H and O–H groups in total. The average Bonchev–Trinajstić information content (AvgIpc) is 3.06. The first-order chi connectivity index (χ1) is 15.3. The summed E-state index contributed by atoms with van der Waals surface area (Å²) < 4.78 is 19.5. The normalized spacial score (nSPS) is 17.6. The van der Waals surface area contributed by atoms with Crippen molar-refractivity contribution in [2.45, 2.75) is 6.04 Å². The molecule has 32 heavy (non-hydrogen) atoms. The summed E-state index contributed by atoms with van der Waals surface area (Å²) in [5.41, 5.74) is 1.08. The SMILES string of the molecule is COc1ccc(/C(O)=C2\C(=O)C(=O)N(c3ccc(F)c(Cl)c3)C2c2ccccc2)cc1Br. The molecule has 1 fully saturated rings. The molecule has 162 valence electrons. The Morgan fingerprint density at radius 2 is 1.81 bits per heavy atom. The lowest BCUT2D eigenvalue weighted by molar-refractivity contribution is -0.132. The summed E-state index contributed by atoms with van der Waals surface area (Å²) in [6.45, 7) is 0. The second-order valence-corrected chi connectivity index (χ2v) is 8.29. The number of anilines is 1. The lowest BCUT2D eigenvalue weighted by atomic mass is 9.95. The third-order valence-electron chi connectivity index (χ3n) is 5.17. The van der Waals surface area contributed by atoms with E-state index in [9.17, 15) is 19.1 Å². The Hall–Kier alpha value is -3.16. The van der Waals surface area contributed by atoms with Crippen LogP contribution in [0.3, 0.4) is 0 Å². The molecule has 8 heteroatoms. The topological polar surface area (TPSA) is 66.8 Å². The summed E-state index contributed by atoms with van der Waals surface area (Å²) >= 11 is 9.30. The van der Waals surface area contributed by atoms with E-state index in [-0.39, 0.29) is 22.0 Å². The minimum Gasteiger partial charge on any atom is -0.507 e. The van der Waals surface area contributed by atoms with Crippen molar-refractivity contribution in [3.05, 3.63) is 98.7 Å². The van der Waals surface area contributed by atoms with Crippen LogP contribution in [-0.4, -0.2) is 23.9 Å². The Balaban J connectivity index is 1.94. The number of Topliss-reactive ketones (excluding diaryl/α,β-unsaturated/α-hetero) is 1. The third kappa shape index (κ3) is 3.78. The summed E-state index contributed by atoms with van der Waals surface area (Å²) in [7, 11) is 1.51. The van der Waals surface area contributed by atoms with Gasteiger partial charge in [-0.15, -0.1) is 0 Å². The standard InChI is InChI=1S/C24H16BrClFNO4/c1-32-19-10-7-14(11-16(19)25)22(29)20-21(13-5-3-2-4-6-13)28(24(31)23(20)30)15-8-9-18(27)17(26)12-15/h2-12,21,29H,1H3/b22-20+. The number of benzene rings is 3. The molecule has 0 aromatic heterocycles. The molecule has 0 aliphatic carbocycles. The van der Waals surface area contributed by atoms with Gasteiger partial charge in [0.1, 0.15) is 17.3 Å². The number of carbonyl (C=O) groups excluding carboxylic acids is 2. The number of hydrogen-bond donors (Lipinski definition) is 1. The molecule has 1 heterocycles.